The molecule has 33 heavy (non-hydrogen) atoms. The fourth-order valence-corrected chi connectivity index (χ4v) is 3.10. The number of ether oxygens (including phenoxy) is 1. The van der Waals surface area contributed by atoms with Crippen LogP contribution in [0, 0.1) is 0 Å². The number of benzene rings is 1. The molecule has 0 atom stereocenters. The van der Waals surface area contributed by atoms with Gasteiger partial charge in [0.25, 0.3) is 0 Å². The number of aliphatic imine (C=N–C) groups is 1. The van der Waals surface area contributed by atoms with Crippen LogP contribution in [0.2, 0.25) is 0 Å². The van der Waals surface area contributed by atoms with Crippen LogP contribution < -0.4 is 16.0 Å². The summed E-state index contributed by atoms with van der Waals surface area (Å²) in [6.45, 7) is 9.00. The van der Waals surface area contributed by atoms with Crippen LogP contribution in [-0.4, -0.2) is 49.7 Å². The molecule has 1 amide bonds. The molecule has 0 radical (unpaired) electrons. The van der Waals surface area contributed by atoms with Crippen LogP contribution in [0.5, 0.6) is 0 Å². The van der Waals surface area contributed by atoms with Crippen LogP contribution in [0.4, 0.5) is 4.79 Å². The van der Waals surface area contributed by atoms with Gasteiger partial charge in [-0.25, -0.2) is 4.79 Å². The van der Waals surface area contributed by atoms with Crippen molar-refractivity contribution in [3.05, 3.63) is 59.5 Å². The van der Waals surface area contributed by atoms with Crippen LogP contribution in [0.25, 0.3) is 0 Å². The minimum absolute atomic E-state index is 0. The van der Waals surface area contributed by atoms with Crippen molar-refractivity contribution in [1.29, 1.82) is 0 Å². The van der Waals surface area contributed by atoms with E-state index in [1.165, 1.54) is 11.1 Å². The zero-order valence-corrected chi connectivity index (χ0v) is 22.6. The number of hydrogen-bond donors (Lipinski definition) is 3. The molecule has 0 spiro atoms. The van der Waals surface area contributed by atoms with Gasteiger partial charge >= 0.3 is 6.09 Å². The fraction of sp³-hybridized carbons (Fsp3) is 0.500. The van der Waals surface area contributed by atoms with E-state index in [9.17, 15) is 4.79 Å². The summed E-state index contributed by atoms with van der Waals surface area (Å²) in [5, 5.41) is 9.40. The molecule has 1 aromatic heterocycles. The number of nitrogens with one attached hydrogen (secondary N) is 3. The maximum absolute atomic E-state index is 11.7. The molecule has 0 saturated heterocycles. The van der Waals surface area contributed by atoms with E-state index in [2.05, 4.69) is 51.1 Å². The summed E-state index contributed by atoms with van der Waals surface area (Å²) >= 11 is 0. The van der Waals surface area contributed by atoms with E-state index >= 15 is 0 Å². The lowest BCUT2D eigenvalue weighted by atomic mass is 10.1. The first kappa shape index (κ1) is 28.8. The number of amides is 1. The molecule has 0 bridgehead atoms. The normalized spacial score (nSPS) is 11.6. The maximum Gasteiger partial charge on any atom is 0.407 e. The zero-order valence-electron chi connectivity index (χ0n) is 20.3. The van der Waals surface area contributed by atoms with Gasteiger partial charge in [-0.05, 0) is 57.5 Å². The molecule has 1 aromatic carbocycles. The monoisotopic (exact) mass is 571 g/mol. The second-order valence-corrected chi connectivity index (χ2v) is 8.66. The highest BCUT2D eigenvalue weighted by Gasteiger charge is 2.15. The van der Waals surface area contributed by atoms with E-state index in [-0.39, 0.29) is 24.0 Å². The number of carbonyl (C=O) groups is 1. The molecule has 0 aliphatic rings. The molecule has 9 heteroatoms. The molecule has 0 aliphatic heterocycles. The van der Waals surface area contributed by atoms with Crippen molar-refractivity contribution in [3.8, 4) is 0 Å². The summed E-state index contributed by atoms with van der Waals surface area (Å²) in [6.07, 6.45) is 2.06. The average Bonchev–Trinajstić information content (AvgIpc) is 3.22. The Hall–Kier alpha value is -2.27. The first-order chi connectivity index (χ1) is 15.3. The van der Waals surface area contributed by atoms with Crippen molar-refractivity contribution in [2.45, 2.75) is 52.4 Å². The molecule has 8 nitrogen and oxygen atoms in total. The molecule has 0 fully saturated rings. The minimum atomic E-state index is -0.488. The number of furan rings is 1. The molecule has 0 saturated carbocycles. The smallest absolute Gasteiger partial charge is 0.407 e. The van der Waals surface area contributed by atoms with Crippen molar-refractivity contribution in [2.75, 3.05) is 27.2 Å². The zero-order chi connectivity index (χ0) is 23.4. The van der Waals surface area contributed by atoms with Crippen molar-refractivity contribution >= 4 is 36.0 Å². The van der Waals surface area contributed by atoms with Crippen LogP contribution in [-0.2, 0) is 24.4 Å². The van der Waals surface area contributed by atoms with Crippen molar-refractivity contribution < 1.29 is 13.9 Å². The minimum Gasteiger partial charge on any atom is -0.468 e. The largest absolute Gasteiger partial charge is 0.468 e. The predicted octanol–water partition coefficient (Wildman–Crippen LogP) is 4.11. The van der Waals surface area contributed by atoms with Crippen molar-refractivity contribution in [3.63, 3.8) is 0 Å². The predicted molar refractivity (Wildman–Crippen MR) is 143 cm³/mol. The van der Waals surface area contributed by atoms with Gasteiger partial charge in [-0.2, -0.15) is 0 Å². The highest BCUT2D eigenvalue weighted by Crippen LogP contribution is 2.13. The van der Waals surface area contributed by atoms with E-state index in [0.29, 0.717) is 19.6 Å². The topological polar surface area (TPSA) is 91.1 Å². The molecule has 2 rings (SSSR count). The van der Waals surface area contributed by atoms with E-state index in [4.69, 9.17) is 9.15 Å². The third kappa shape index (κ3) is 12.0. The first-order valence-corrected chi connectivity index (χ1v) is 11.0. The summed E-state index contributed by atoms with van der Waals surface area (Å²) < 4.78 is 10.7. The first-order valence-electron chi connectivity index (χ1n) is 11.0. The molecular formula is C24H38IN5O3. The maximum atomic E-state index is 11.7. The van der Waals surface area contributed by atoms with E-state index in [1.807, 2.05) is 39.0 Å². The molecule has 2 aromatic rings. The lowest BCUT2D eigenvalue weighted by Gasteiger charge is -2.20. The molecule has 3 N–H and O–H groups in total. The number of alkyl carbamates (subject to hydrolysis) is 1. The highest BCUT2D eigenvalue weighted by atomic mass is 127. The van der Waals surface area contributed by atoms with Gasteiger partial charge in [0.1, 0.15) is 11.4 Å². The van der Waals surface area contributed by atoms with E-state index in [0.717, 1.165) is 31.2 Å². The highest BCUT2D eigenvalue weighted by molar-refractivity contribution is 14.0. The number of guanidine groups is 1. The van der Waals surface area contributed by atoms with Crippen molar-refractivity contribution in [2.24, 2.45) is 4.99 Å². The standard InChI is InChI=1S/C24H37N5O3.HI/c1-24(2,3)32-23(30)27-14-9-13-26-22(25-4)28-16-19-10-6-7-11-20(19)17-29(5)18-21-12-8-15-31-21;/h6-8,10-12,15H,9,13-14,16-18H2,1-5H3,(H,27,30)(H2,25,26,28);1H. The van der Waals surface area contributed by atoms with Gasteiger partial charge in [-0.1, -0.05) is 24.3 Å². The Kier molecular flexibility index (Phi) is 12.9. The average molecular weight is 572 g/mol. The van der Waals surface area contributed by atoms with Crippen LogP contribution in [0.15, 0.2) is 52.1 Å². The van der Waals surface area contributed by atoms with Crippen LogP contribution in [0.3, 0.4) is 0 Å². The Morgan fingerprint density at radius 2 is 1.73 bits per heavy atom. The number of rotatable bonds is 10. The van der Waals surface area contributed by atoms with E-state index < -0.39 is 11.7 Å². The SMILES string of the molecule is CN=C(NCCCNC(=O)OC(C)(C)C)NCc1ccccc1CN(C)Cc1ccco1.I. The van der Waals surface area contributed by atoms with Crippen LogP contribution >= 0.6 is 24.0 Å². The molecule has 1 heterocycles. The summed E-state index contributed by atoms with van der Waals surface area (Å²) in [6, 6.07) is 12.3. The lowest BCUT2D eigenvalue weighted by Crippen LogP contribution is -2.39. The van der Waals surface area contributed by atoms with Gasteiger partial charge in [-0.15, -0.1) is 24.0 Å². The summed E-state index contributed by atoms with van der Waals surface area (Å²) in [4.78, 5) is 18.2. The van der Waals surface area contributed by atoms with Gasteiger partial charge in [0.2, 0.25) is 0 Å². The van der Waals surface area contributed by atoms with Gasteiger partial charge < -0.3 is 25.1 Å². The summed E-state index contributed by atoms with van der Waals surface area (Å²) in [7, 11) is 3.83. The third-order valence-electron chi connectivity index (χ3n) is 4.55. The number of nitrogens with zero attached hydrogens (tertiary/aromatic N) is 2. The van der Waals surface area contributed by atoms with Gasteiger partial charge in [-0.3, -0.25) is 9.89 Å². The van der Waals surface area contributed by atoms with Crippen molar-refractivity contribution in [1.82, 2.24) is 20.9 Å². The number of carbonyl (C=O) groups excluding carboxylic acids is 1. The Balaban J connectivity index is 0.00000544. The Bertz CT molecular complexity index is 850. The van der Waals surface area contributed by atoms with Gasteiger partial charge in [0, 0.05) is 33.2 Å². The Morgan fingerprint density at radius 1 is 1.03 bits per heavy atom. The Labute approximate surface area is 214 Å². The summed E-state index contributed by atoms with van der Waals surface area (Å²) in [5.41, 5.74) is 1.98. The van der Waals surface area contributed by atoms with Crippen LogP contribution in [0.1, 0.15) is 44.1 Å². The molecule has 0 unspecified atom stereocenters. The molecule has 184 valence electrons. The molecule has 0 aliphatic carbocycles. The second-order valence-electron chi connectivity index (χ2n) is 8.66. The Morgan fingerprint density at radius 3 is 2.36 bits per heavy atom. The fourth-order valence-electron chi connectivity index (χ4n) is 3.10. The summed E-state index contributed by atoms with van der Waals surface area (Å²) in [5.74, 6) is 1.68. The number of hydrogen-bond acceptors (Lipinski definition) is 5. The molecular weight excluding hydrogens is 533 g/mol. The quantitative estimate of drug-likeness (QED) is 0.172. The lowest BCUT2D eigenvalue weighted by molar-refractivity contribution is 0.0527. The van der Waals surface area contributed by atoms with E-state index in [1.54, 1.807) is 13.3 Å². The second kappa shape index (κ2) is 14.8. The number of halogens is 1. The van der Waals surface area contributed by atoms with Gasteiger partial charge in [0.05, 0.1) is 12.8 Å². The third-order valence-corrected chi connectivity index (χ3v) is 4.55. The van der Waals surface area contributed by atoms with Gasteiger partial charge in [0.15, 0.2) is 5.96 Å².